The highest BCUT2D eigenvalue weighted by molar-refractivity contribution is 7.46. The average Bonchev–Trinajstić information content (AvgIpc) is 2.59. The van der Waals surface area contributed by atoms with Gasteiger partial charge in [-0.15, -0.1) is 0 Å². The van der Waals surface area contributed by atoms with Gasteiger partial charge in [0.15, 0.2) is 6.23 Å². The molecular weight excluding hydrogens is 330 g/mol. The Morgan fingerprint density at radius 1 is 1.50 bits per heavy atom. The van der Waals surface area contributed by atoms with Crippen LogP contribution in [0.4, 0.5) is 4.39 Å². The van der Waals surface area contributed by atoms with E-state index in [4.69, 9.17) is 14.5 Å². The molecule has 22 heavy (non-hydrogen) atoms. The van der Waals surface area contributed by atoms with Crippen molar-refractivity contribution in [3.05, 3.63) is 33.1 Å². The van der Waals surface area contributed by atoms with Gasteiger partial charge in [-0.2, -0.15) is 0 Å². The summed E-state index contributed by atoms with van der Waals surface area (Å²) in [5.74, 6) is -3.45. The lowest BCUT2D eigenvalue weighted by Gasteiger charge is -2.23. The lowest BCUT2D eigenvalue weighted by Crippen LogP contribution is -2.45. The number of hydrogen-bond donors (Lipinski definition) is 5. The van der Waals surface area contributed by atoms with Gasteiger partial charge in [0, 0.05) is 12.3 Å². The number of ether oxygens (including phenoxy) is 1. The van der Waals surface area contributed by atoms with Gasteiger partial charge in [0.05, 0.1) is 6.61 Å². The summed E-state index contributed by atoms with van der Waals surface area (Å²) in [5.41, 5.74) is -1.89. The predicted octanol–water partition coefficient (Wildman–Crippen LogP) is -2.44. The Balaban J connectivity index is 2.28. The molecule has 0 spiro atoms. The van der Waals surface area contributed by atoms with E-state index in [1.807, 2.05) is 0 Å². The maximum atomic E-state index is 14.2. The number of rotatable bonds is 4. The number of aromatic amines is 1. The van der Waals surface area contributed by atoms with Gasteiger partial charge in [0.2, 0.25) is 0 Å². The van der Waals surface area contributed by atoms with E-state index in [0.717, 1.165) is 12.3 Å². The SMILES string of the molecule is O=c1ccn([C@@H]2O[C@H](COP(=O)(O)O)[C@@H](O)[C@]2(O)F)c(=O)[nH]1. The number of aromatic nitrogens is 2. The van der Waals surface area contributed by atoms with Crippen LogP contribution < -0.4 is 11.2 Å². The van der Waals surface area contributed by atoms with Gasteiger partial charge in [-0.3, -0.25) is 18.9 Å². The largest absolute Gasteiger partial charge is 0.469 e. The van der Waals surface area contributed by atoms with E-state index >= 15 is 0 Å². The fourth-order valence-electron chi connectivity index (χ4n) is 1.92. The van der Waals surface area contributed by atoms with Crippen LogP contribution in [0, 0.1) is 0 Å². The zero-order valence-corrected chi connectivity index (χ0v) is 11.6. The van der Waals surface area contributed by atoms with Crippen LogP contribution in [0.2, 0.25) is 0 Å². The smallest absolute Gasteiger partial charge is 0.384 e. The van der Waals surface area contributed by atoms with Crippen LogP contribution in [-0.2, 0) is 13.8 Å². The van der Waals surface area contributed by atoms with Crippen LogP contribution in [0.1, 0.15) is 6.23 Å². The summed E-state index contributed by atoms with van der Waals surface area (Å²) >= 11 is 0. The summed E-state index contributed by atoms with van der Waals surface area (Å²) in [6.07, 6.45) is -5.12. The first-order chi connectivity index (χ1) is 10.0. The van der Waals surface area contributed by atoms with Crippen molar-refractivity contribution in [2.24, 2.45) is 0 Å². The van der Waals surface area contributed by atoms with Crippen molar-refractivity contribution >= 4 is 7.82 Å². The van der Waals surface area contributed by atoms with E-state index in [1.54, 1.807) is 4.98 Å². The molecule has 0 unspecified atom stereocenters. The number of aliphatic hydroxyl groups excluding tert-OH is 1. The molecule has 0 aromatic carbocycles. The minimum absolute atomic E-state index is 0.474. The summed E-state index contributed by atoms with van der Waals surface area (Å²) < 4.78 is 34.2. The van der Waals surface area contributed by atoms with Crippen molar-refractivity contribution in [3.63, 3.8) is 0 Å². The quantitative estimate of drug-likeness (QED) is 0.373. The Kier molecular flexibility index (Phi) is 4.37. The molecule has 1 fully saturated rings. The van der Waals surface area contributed by atoms with Gasteiger partial charge in [0.1, 0.15) is 12.2 Å². The highest BCUT2D eigenvalue weighted by Gasteiger charge is 2.58. The first kappa shape index (κ1) is 17.0. The molecule has 1 aliphatic heterocycles. The summed E-state index contributed by atoms with van der Waals surface area (Å²) in [5, 5.41) is 19.2. The minimum Gasteiger partial charge on any atom is -0.384 e. The van der Waals surface area contributed by atoms with Crippen LogP contribution >= 0.6 is 7.82 Å². The van der Waals surface area contributed by atoms with Crippen LogP contribution in [-0.4, -0.2) is 54.2 Å². The summed E-state index contributed by atoms with van der Waals surface area (Å²) in [4.78, 5) is 41.4. The molecule has 0 aliphatic carbocycles. The Morgan fingerprint density at radius 2 is 2.14 bits per heavy atom. The number of phosphoric acid groups is 1. The van der Waals surface area contributed by atoms with Crippen molar-refractivity contribution in [1.82, 2.24) is 9.55 Å². The van der Waals surface area contributed by atoms with Crippen molar-refractivity contribution in [2.75, 3.05) is 6.61 Å². The molecule has 0 amide bonds. The second-order valence-electron chi connectivity index (χ2n) is 4.50. The zero-order valence-electron chi connectivity index (χ0n) is 10.7. The number of H-pyrrole nitrogens is 1. The third-order valence-corrected chi connectivity index (χ3v) is 3.41. The molecule has 2 heterocycles. The fraction of sp³-hybridized carbons (Fsp3) is 0.556. The lowest BCUT2D eigenvalue weighted by molar-refractivity contribution is -0.197. The Hall–Kier alpha value is -1.40. The second-order valence-corrected chi connectivity index (χ2v) is 5.74. The monoisotopic (exact) mass is 342 g/mol. The highest BCUT2D eigenvalue weighted by Crippen LogP contribution is 2.42. The third-order valence-electron chi connectivity index (χ3n) is 2.93. The first-order valence-corrected chi connectivity index (χ1v) is 7.32. The first-order valence-electron chi connectivity index (χ1n) is 5.79. The number of nitrogens with one attached hydrogen (secondary N) is 1. The van der Waals surface area contributed by atoms with Gasteiger partial charge in [-0.05, 0) is 0 Å². The van der Waals surface area contributed by atoms with E-state index in [1.165, 1.54) is 0 Å². The zero-order chi connectivity index (χ0) is 16.7. The standard InChI is InChI=1S/C9H12FN2O9P/c10-9(16)6(14)4(3-20-22(17,18)19)21-7(9)12-2-1-5(13)11-8(12)15/h1-2,4,6-7,14,16H,3H2,(H,11,13,15)(H2,17,18,19)/t4-,6-,7-,9-/m1/s1. The molecule has 0 radical (unpaired) electrons. The molecule has 124 valence electrons. The van der Waals surface area contributed by atoms with Gasteiger partial charge in [-0.25, -0.2) is 13.8 Å². The van der Waals surface area contributed by atoms with E-state index in [-0.39, 0.29) is 0 Å². The van der Waals surface area contributed by atoms with Crippen molar-refractivity contribution < 1.29 is 38.2 Å². The normalized spacial score (nSPS) is 32.3. The van der Waals surface area contributed by atoms with E-state index in [0.29, 0.717) is 4.57 Å². The topological polar surface area (TPSA) is 171 Å². The number of halogens is 1. The number of hydrogen-bond acceptors (Lipinski definition) is 7. The Morgan fingerprint density at radius 3 is 2.68 bits per heavy atom. The number of nitrogens with zero attached hydrogens (tertiary/aromatic N) is 1. The molecule has 0 bridgehead atoms. The van der Waals surface area contributed by atoms with Crippen LogP contribution in [0.5, 0.6) is 0 Å². The molecule has 1 saturated heterocycles. The second kappa shape index (κ2) is 5.66. The Bertz CT molecular complexity index is 710. The molecule has 1 aliphatic rings. The molecule has 2 rings (SSSR count). The average molecular weight is 342 g/mol. The molecule has 11 nitrogen and oxygen atoms in total. The number of alkyl halides is 1. The molecule has 1 aromatic rings. The minimum atomic E-state index is -4.91. The maximum absolute atomic E-state index is 14.2. The molecular formula is C9H12FN2O9P. The highest BCUT2D eigenvalue weighted by atomic mass is 31.2. The lowest BCUT2D eigenvalue weighted by atomic mass is 10.1. The van der Waals surface area contributed by atoms with Crippen LogP contribution in [0.25, 0.3) is 0 Å². The summed E-state index contributed by atoms with van der Waals surface area (Å²) in [6, 6.07) is 0.854. The predicted molar refractivity (Wildman–Crippen MR) is 65.3 cm³/mol. The van der Waals surface area contributed by atoms with Crippen LogP contribution in [0.3, 0.4) is 0 Å². The fourth-order valence-corrected chi connectivity index (χ4v) is 2.26. The van der Waals surface area contributed by atoms with Crippen LogP contribution in [0.15, 0.2) is 21.9 Å². The van der Waals surface area contributed by atoms with Crippen molar-refractivity contribution in [1.29, 1.82) is 0 Å². The maximum Gasteiger partial charge on any atom is 0.469 e. The Labute approximate surface area is 120 Å². The third kappa shape index (κ3) is 3.33. The van der Waals surface area contributed by atoms with E-state index in [9.17, 15) is 28.8 Å². The van der Waals surface area contributed by atoms with Gasteiger partial charge in [0.25, 0.3) is 11.4 Å². The number of aliphatic hydroxyl groups is 2. The van der Waals surface area contributed by atoms with Crippen molar-refractivity contribution in [2.45, 2.75) is 24.3 Å². The molecule has 0 saturated carbocycles. The molecule has 1 aromatic heterocycles. The van der Waals surface area contributed by atoms with E-state index < -0.39 is 50.0 Å². The molecule has 5 N–H and O–H groups in total. The summed E-state index contributed by atoms with van der Waals surface area (Å²) in [7, 11) is -4.91. The van der Waals surface area contributed by atoms with Crippen molar-refractivity contribution in [3.8, 4) is 0 Å². The molecule has 4 atom stereocenters. The van der Waals surface area contributed by atoms with Gasteiger partial charge < -0.3 is 24.7 Å². The van der Waals surface area contributed by atoms with E-state index in [2.05, 4.69) is 4.52 Å². The van der Waals surface area contributed by atoms with Gasteiger partial charge in [-0.1, -0.05) is 0 Å². The van der Waals surface area contributed by atoms with Gasteiger partial charge >= 0.3 is 13.5 Å². The number of phosphoric ester groups is 1. The summed E-state index contributed by atoms with van der Waals surface area (Å²) in [6.45, 7) is -0.938. The molecule has 13 heteroatoms.